The summed E-state index contributed by atoms with van der Waals surface area (Å²) in [5.41, 5.74) is 6.84. The van der Waals surface area contributed by atoms with Crippen molar-refractivity contribution in [3.8, 4) is 17.2 Å². The van der Waals surface area contributed by atoms with Crippen LogP contribution in [0.2, 0.25) is 0 Å². The fraction of sp³-hybridized carbons (Fsp3) is 0. The Hall–Kier alpha value is -6.04. The molecule has 4 nitrogen and oxygen atoms in total. The molecule has 11 aromatic rings. The molecule has 0 saturated carbocycles. The Bertz CT molecular complexity index is 3080. The molecule has 0 bridgehead atoms. The number of rotatable bonds is 2. The monoisotopic (exact) mass is 617 g/mol. The lowest BCUT2D eigenvalue weighted by Gasteiger charge is -2.10. The van der Waals surface area contributed by atoms with Crippen LogP contribution in [0.15, 0.2) is 144 Å². The summed E-state index contributed by atoms with van der Waals surface area (Å²) in [6, 6.07) is 49.3. The summed E-state index contributed by atoms with van der Waals surface area (Å²) < 4.78 is 11.4. The molecular weight excluding hydrogens is 595 g/mol. The summed E-state index contributed by atoms with van der Waals surface area (Å²) >= 11 is 1.75. The van der Waals surface area contributed by atoms with Crippen molar-refractivity contribution < 1.29 is 4.42 Å². The van der Waals surface area contributed by atoms with Gasteiger partial charge in [-0.1, -0.05) is 109 Å². The quantitative estimate of drug-likeness (QED) is 0.181. The number of nitrogens with zero attached hydrogens (tertiary/aromatic N) is 3. The summed E-state index contributed by atoms with van der Waals surface area (Å²) in [7, 11) is 0. The highest BCUT2D eigenvalue weighted by atomic mass is 32.1. The average molecular weight is 618 g/mol. The van der Waals surface area contributed by atoms with E-state index >= 15 is 0 Å². The van der Waals surface area contributed by atoms with Gasteiger partial charge in [-0.3, -0.25) is 4.57 Å². The Balaban J connectivity index is 1.29. The first-order chi connectivity index (χ1) is 23.3. The lowest BCUT2D eigenvalue weighted by molar-refractivity contribution is 0.673. The van der Waals surface area contributed by atoms with Crippen LogP contribution in [0.25, 0.3) is 103 Å². The number of hydrogen-bond donors (Lipinski definition) is 0. The third kappa shape index (κ3) is 3.41. The zero-order chi connectivity index (χ0) is 30.6. The Labute approximate surface area is 271 Å². The normalized spacial score (nSPS) is 12.3. The van der Waals surface area contributed by atoms with Crippen LogP contribution in [-0.4, -0.2) is 14.5 Å². The molecule has 4 aromatic heterocycles. The average Bonchev–Trinajstić information content (AvgIpc) is 3.81. The molecule has 218 valence electrons. The van der Waals surface area contributed by atoms with Crippen LogP contribution in [0.3, 0.4) is 0 Å². The van der Waals surface area contributed by atoms with Crippen LogP contribution >= 0.6 is 11.3 Å². The first-order valence-corrected chi connectivity index (χ1v) is 16.6. The van der Waals surface area contributed by atoms with Crippen LogP contribution in [0, 0.1) is 0 Å². The highest BCUT2D eigenvalue weighted by Gasteiger charge is 2.23. The van der Waals surface area contributed by atoms with Crippen molar-refractivity contribution in [1.82, 2.24) is 14.5 Å². The van der Waals surface area contributed by atoms with E-state index in [2.05, 4.69) is 138 Å². The fourth-order valence-electron chi connectivity index (χ4n) is 7.56. The molecule has 0 unspecified atom stereocenters. The van der Waals surface area contributed by atoms with Gasteiger partial charge < -0.3 is 4.42 Å². The SMILES string of the molecule is c1ccc(-c2nc(-n3c4ccccc4c4c5oc6ccc7ccc8ccccc8c7c6c5ccc43)nc3c2sc2ccccc23)cc1. The number of thiophene rings is 1. The highest BCUT2D eigenvalue weighted by molar-refractivity contribution is 7.26. The van der Waals surface area contributed by atoms with E-state index in [4.69, 9.17) is 14.4 Å². The van der Waals surface area contributed by atoms with Crippen LogP contribution in [-0.2, 0) is 0 Å². The Morgan fingerprint density at radius 2 is 1.26 bits per heavy atom. The van der Waals surface area contributed by atoms with Gasteiger partial charge in [0.25, 0.3) is 0 Å². The smallest absolute Gasteiger partial charge is 0.235 e. The van der Waals surface area contributed by atoms with Gasteiger partial charge in [0.15, 0.2) is 0 Å². The summed E-state index contributed by atoms with van der Waals surface area (Å²) in [5, 5.41) is 10.5. The molecule has 0 saturated heterocycles. The second-order valence-corrected chi connectivity index (χ2v) is 13.2. The largest absolute Gasteiger partial charge is 0.455 e. The van der Waals surface area contributed by atoms with Gasteiger partial charge in [0.2, 0.25) is 5.95 Å². The third-order valence-corrected chi connectivity index (χ3v) is 10.8. The molecule has 5 heteroatoms. The van der Waals surface area contributed by atoms with E-state index in [0.717, 1.165) is 70.6 Å². The van der Waals surface area contributed by atoms with Gasteiger partial charge in [-0.2, -0.15) is 0 Å². The second-order valence-electron chi connectivity index (χ2n) is 12.1. The minimum atomic E-state index is 0.651. The number of aromatic nitrogens is 3. The van der Waals surface area contributed by atoms with Crippen molar-refractivity contribution in [3.05, 3.63) is 140 Å². The molecule has 0 aliphatic carbocycles. The van der Waals surface area contributed by atoms with Crippen molar-refractivity contribution in [2.75, 3.05) is 0 Å². The van der Waals surface area contributed by atoms with Crippen LogP contribution in [0.1, 0.15) is 0 Å². The summed E-state index contributed by atoms with van der Waals surface area (Å²) in [5.74, 6) is 0.651. The zero-order valence-corrected chi connectivity index (χ0v) is 25.8. The van der Waals surface area contributed by atoms with Crippen molar-refractivity contribution in [3.63, 3.8) is 0 Å². The van der Waals surface area contributed by atoms with Crippen molar-refractivity contribution in [2.24, 2.45) is 0 Å². The molecule has 0 N–H and O–H groups in total. The van der Waals surface area contributed by atoms with Crippen molar-refractivity contribution in [1.29, 1.82) is 0 Å². The molecule has 0 fully saturated rings. The van der Waals surface area contributed by atoms with Gasteiger partial charge in [-0.15, -0.1) is 11.3 Å². The van der Waals surface area contributed by atoms with Gasteiger partial charge in [0.1, 0.15) is 11.2 Å². The van der Waals surface area contributed by atoms with E-state index in [0.29, 0.717) is 5.95 Å². The first kappa shape index (κ1) is 25.2. The van der Waals surface area contributed by atoms with Crippen molar-refractivity contribution in [2.45, 2.75) is 0 Å². The van der Waals surface area contributed by atoms with Crippen LogP contribution in [0.5, 0.6) is 0 Å². The molecule has 0 radical (unpaired) electrons. The fourth-order valence-corrected chi connectivity index (χ4v) is 8.71. The number of benzene rings is 7. The van der Waals surface area contributed by atoms with E-state index in [1.165, 1.54) is 26.2 Å². The summed E-state index contributed by atoms with van der Waals surface area (Å²) in [6.07, 6.45) is 0. The molecule has 7 aromatic carbocycles. The van der Waals surface area contributed by atoms with Gasteiger partial charge in [-0.05, 0) is 46.5 Å². The summed E-state index contributed by atoms with van der Waals surface area (Å²) in [4.78, 5) is 10.7. The maximum Gasteiger partial charge on any atom is 0.235 e. The van der Waals surface area contributed by atoms with Gasteiger partial charge in [0.05, 0.1) is 32.3 Å². The number of fused-ring (bicyclic) bond motifs is 14. The van der Waals surface area contributed by atoms with Gasteiger partial charge >= 0.3 is 0 Å². The topological polar surface area (TPSA) is 43.9 Å². The van der Waals surface area contributed by atoms with E-state index < -0.39 is 0 Å². The van der Waals surface area contributed by atoms with E-state index in [9.17, 15) is 0 Å². The molecule has 0 spiro atoms. The standard InChI is InChI=1S/C42H23N3OS/c1-2-11-26(12-3-1)38-41-39(29-15-7-9-17-34(29)47-41)44-42(43-38)45-31-16-8-6-14-28(31)36-32(45)22-21-30-37-33(46-40(30)36)23-20-25-19-18-24-10-4-5-13-27(24)35(25)37/h1-23H. The number of hydrogen-bond acceptors (Lipinski definition) is 4. The maximum absolute atomic E-state index is 6.84. The third-order valence-electron chi connectivity index (χ3n) is 9.60. The number of para-hydroxylation sites is 1. The van der Waals surface area contributed by atoms with E-state index in [-0.39, 0.29) is 0 Å². The predicted molar refractivity (Wildman–Crippen MR) is 197 cm³/mol. The molecular formula is C42H23N3OS. The van der Waals surface area contributed by atoms with Crippen molar-refractivity contribution >= 4 is 96.9 Å². The lowest BCUT2D eigenvalue weighted by Crippen LogP contribution is -2.02. The second kappa shape index (κ2) is 9.25. The molecule has 0 aliphatic heterocycles. The summed E-state index contributed by atoms with van der Waals surface area (Å²) in [6.45, 7) is 0. The molecule has 47 heavy (non-hydrogen) atoms. The van der Waals surface area contributed by atoms with Crippen LogP contribution < -0.4 is 0 Å². The maximum atomic E-state index is 6.84. The van der Waals surface area contributed by atoms with Gasteiger partial charge in [-0.25, -0.2) is 9.97 Å². The molecule has 4 heterocycles. The molecule has 0 amide bonds. The van der Waals surface area contributed by atoms with E-state index in [1.807, 2.05) is 6.07 Å². The number of furan rings is 1. The predicted octanol–water partition coefficient (Wildman–Crippen LogP) is 11.8. The lowest BCUT2D eigenvalue weighted by atomic mass is 9.97. The Kier molecular flexibility index (Phi) is 4.96. The zero-order valence-electron chi connectivity index (χ0n) is 24.9. The van der Waals surface area contributed by atoms with Crippen LogP contribution in [0.4, 0.5) is 0 Å². The van der Waals surface area contributed by atoms with Gasteiger partial charge in [0, 0.05) is 37.2 Å². The molecule has 0 aliphatic rings. The first-order valence-electron chi connectivity index (χ1n) is 15.8. The molecule has 0 atom stereocenters. The minimum Gasteiger partial charge on any atom is -0.455 e. The van der Waals surface area contributed by atoms with E-state index in [1.54, 1.807) is 11.3 Å². The Morgan fingerprint density at radius 1 is 0.511 bits per heavy atom. The highest BCUT2D eigenvalue weighted by Crippen LogP contribution is 2.44. The molecule has 11 rings (SSSR count). The Morgan fingerprint density at radius 3 is 2.17 bits per heavy atom. The minimum absolute atomic E-state index is 0.651.